The van der Waals surface area contributed by atoms with E-state index >= 15 is 0 Å². The molecule has 1 nitrogen and oxygen atoms in total. The van der Waals surface area contributed by atoms with Gasteiger partial charge in [-0.1, -0.05) is 32.1 Å². The van der Waals surface area contributed by atoms with Crippen LogP contribution in [0.25, 0.3) is 0 Å². The molecule has 0 aliphatic carbocycles. The van der Waals surface area contributed by atoms with Crippen LogP contribution in [0.15, 0.2) is 23.8 Å². The van der Waals surface area contributed by atoms with Gasteiger partial charge in [-0.25, -0.2) is 0 Å². The summed E-state index contributed by atoms with van der Waals surface area (Å²) in [5.74, 6) is 0.524. The fraction of sp³-hybridized carbons (Fsp3) is 0.583. The minimum Gasteiger partial charge on any atom is -0.298 e. The number of allylic oxidation sites excluding steroid dienone is 4. The molecule has 1 unspecified atom stereocenters. The molecule has 0 bridgehead atoms. The van der Waals surface area contributed by atoms with Crippen molar-refractivity contribution in [2.45, 2.75) is 40.0 Å². The van der Waals surface area contributed by atoms with Crippen molar-refractivity contribution in [2.24, 2.45) is 5.92 Å². The van der Waals surface area contributed by atoms with Crippen LogP contribution >= 0.6 is 0 Å². The first-order chi connectivity index (χ1) is 6.28. The van der Waals surface area contributed by atoms with Gasteiger partial charge in [-0.15, -0.1) is 0 Å². The minimum absolute atomic E-state index is 0.524. The van der Waals surface area contributed by atoms with Crippen molar-refractivity contribution in [3.63, 3.8) is 0 Å². The summed E-state index contributed by atoms with van der Waals surface area (Å²) in [4.78, 5) is 10.6. The Bertz CT molecular complexity index is 189. The Morgan fingerprint density at radius 3 is 2.46 bits per heavy atom. The van der Waals surface area contributed by atoms with E-state index in [1.165, 1.54) is 0 Å². The summed E-state index contributed by atoms with van der Waals surface area (Å²) >= 11 is 0. The zero-order chi connectivity index (χ0) is 10.1. The van der Waals surface area contributed by atoms with E-state index in [9.17, 15) is 4.79 Å². The first kappa shape index (κ1) is 12.2. The minimum atomic E-state index is 0.524. The van der Waals surface area contributed by atoms with E-state index < -0.39 is 0 Å². The third-order valence-electron chi connectivity index (χ3n) is 2.21. The van der Waals surface area contributed by atoms with Crippen LogP contribution in [0.1, 0.15) is 40.0 Å². The lowest BCUT2D eigenvalue weighted by atomic mass is 9.98. The third kappa shape index (κ3) is 5.40. The molecule has 0 spiro atoms. The molecule has 0 aromatic heterocycles. The molecule has 0 heterocycles. The summed E-state index contributed by atoms with van der Waals surface area (Å²) in [5.41, 5.74) is 0.927. The highest BCUT2D eigenvalue weighted by Crippen LogP contribution is 2.14. The van der Waals surface area contributed by atoms with E-state index in [-0.39, 0.29) is 0 Å². The number of aldehydes is 1. The van der Waals surface area contributed by atoms with Crippen LogP contribution in [-0.4, -0.2) is 6.29 Å². The number of carbonyl (C=O) groups excluding carboxylic acids is 1. The van der Waals surface area contributed by atoms with Crippen molar-refractivity contribution in [2.75, 3.05) is 0 Å². The Morgan fingerprint density at radius 2 is 2.08 bits per heavy atom. The summed E-state index contributed by atoms with van der Waals surface area (Å²) in [6.45, 7) is 6.20. The lowest BCUT2D eigenvalue weighted by Crippen LogP contribution is -1.95. The quantitative estimate of drug-likeness (QED) is 0.347. The zero-order valence-electron chi connectivity index (χ0n) is 8.92. The second kappa shape index (κ2) is 7.78. The Kier molecular flexibility index (Phi) is 7.27. The highest BCUT2D eigenvalue weighted by Gasteiger charge is 2.01. The number of rotatable bonds is 6. The molecule has 1 atom stereocenters. The number of carbonyl (C=O) groups is 1. The predicted octanol–water partition coefficient (Wildman–Crippen LogP) is 3.51. The van der Waals surface area contributed by atoms with E-state index in [0.717, 1.165) is 31.1 Å². The molecule has 13 heavy (non-hydrogen) atoms. The topological polar surface area (TPSA) is 17.1 Å². The standard InChI is InChI=1S/C12H20O/c1-4-7-8-11(5-2)9-12(6-3)10-13/h4,7,9-11H,5-6,8H2,1-3H3/b7-4-,12-9-. The second-order valence-electron chi connectivity index (χ2n) is 3.19. The van der Waals surface area contributed by atoms with Crippen LogP contribution in [-0.2, 0) is 4.79 Å². The molecule has 0 amide bonds. The molecule has 0 saturated carbocycles. The van der Waals surface area contributed by atoms with Crippen molar-refractivity contribution in [1.82, 2.24) is 0 Å². The molecule has 0 saturated heterocycles. The van der Waals surface area contributed by atoms with Crippen LogP contribution in [0.2, 0.25) is 0 Å². The monoisotopic (exact) mass is 180 g/mol. The normalized spacial score (nSPS) is 14.8. The molecule has 0 radical (unpaired) electrons. The average molecular weight is 180 g/mol. The number of hydrogen-bond donors (Lipinski definition) is 0. The summed E-state index contributed by atoms with van der Waals surface area (Å²) < 4.78 is 0. The second-order valence-corrected chi connectivity index (χ2v) is 3.19. The van der Waals surface area contributed by atoms with E-state index in [0.29, 0.717) is 5.92 Å². The number of hydrogen-bond acceptors (Lipinski definition) is 1. The Morgan fingerprint density at radius 1 is 1.38 bits per heavy atom. The molecule has 0 N–H and O–H groups in total. The van der Waals surface area contributed by atoms with Gasteiger partial charge in [-0.05, 0) is 37.7 Å². The SMILES string of the molecule is C/C=C\CC(/C=C(\C=O)CC)CC. The molecule has 1 heteroatoms. The molecule has 74 valence electrons. The molecule has 0 aliphatic rings. The van der Waals surface area contributed by atoms with Crippen molar-refractivity contribution >= 4 is 6.29 Å². The molecule has 0 rings (SSSR count). The van der Waals surface area contributed by atoms with Crippen molar-refractivity contribution < 1.29 is 4.79 Å². The van der Waals surface area contributed by atoms with E-state index in [2.05, 4.69) is 25.2 Å². The van der Waals surface area contributed by atoms with Crippen molar-refractivity contribution in [3.8, 4) is 0 Å². The molecular formula is C12H20O. The maximum absolute atomic E-state index is 10.6. The summed E-state index contributed by atoms with van der Waals surface area (Å²) in [6, 6.07) is 0. The van der Waals surface area contributed by atoms with Gasteiger partial charge in [0, 0.05) is 0 Å². The largest absolute Gasteiger partial charge is 0.298 e. The van der Waals surface area contributed by atoms with Crippen LogP contribution in [0.3, 0.4) is 0 Å². The van der Waals surface area contributed by atoms with Crippen LogP contribution < -0.4 is 0 Å². The van der Waals surface area contributed by atoms with Crippen LogP contribution in [0, 0.1) is 5.92 Å². The Hall–Kier alpha value is -0.850. The fourth-order valence-corrected chi connectivity index (χ4v) is 1.21. The van der Waals surface area contributed by atoms with Crippen LogP contribution in [0.5, 0.6) is 0 Å². The lowest BCUT2D eigenvalue weighted by molar-refractivity contribution is -0.105. The van der Waals surface area contributed by atoms with E-state index in [1.807, 2.05) is 13.8 Å². The Balaban J connectivity index is 4.22. The van der Waals surface area contributed by atoms with Gasteiger partial charge in [-0.2, -0.15) is 0 Å². The van der Waals surface area contributed by atoms with E-state index in [4.69, 9.17) is 0 Å². The first-order valence-corrected chi connectivity index (χ1v) is 5.05. The average Bonchev–Trinajstić information content (AvgIpc) is 2.19. The fourth-order valence-electron chi connectivity index (χ4n) is 1.21. The molecule has 0 fully saturated rings. The van der Waals surface area contributed by atoms with Gasteiger partial charge in [0.25, 0.3) is 0 Å². The summed E-state index contributed by atoms with van der Waals surface area (Å²) in [7, 11) is 0. The molecule has 0 aromatic carbocycles. The highest BCUT2D eigenvalue weighted by atomic mass is 16.1. The van der Waals surface area contributed by atoms with Gasteiger partial charge in [0.05, 0.1) is 0 Å². The van der Waals surface area contributed by atoms with Crippen molar-refractivity contribution in [3.05, 3.63) is 23.8 Å². The van der Waals surface area contributed by atoms with Crippen LogP contribution in [0.4, 0.5) is 0 Å². The lowest BCUT2D eigenvalue weighted by Gasteiger charge is -2.07. The summed E-state index contributed by atoms with van der Waals surface area (Å²) in [6.07, 6.45) is 10.3. The highest BCUT2D eigenvalue weighted by molar-refractivity contribution is 5.72. The third-order valence-corrected chi connectivity index (χ3v) is 2.21. The maximum Gasteiger partial charge on any atom is 0.145 e. The first-order valence-electron chi connectivity index (χ1n) is 5.05. The van der Waals surface area contributed by atoms with Gasteiger partial charge in [0.1, 0.15) is 6.29 Å². The van der Waals surface area contributed by atoms with Gasteiger partial charge in [0.2, 0.25) is 0 Å². The molecular weight excluding hydrogens is 160 g/mol. The van der Waals surface area contributed by atoms with Gasteiger partial charge >= 0.3 is 0 Å². The van der Waals surface area contributed by atoms with E-state index in [1.54, 1.807) is 0 Å². The van der Waals surface area contributed by atoms with Gasteiger partial charge < -0.3 is 0 Å². The Labute approximate surface area is 81.5 Å². The maximum atomic E-state index is 10.6. The smallest absolute Gasteiger partial charge is 0.145 e. The molecule has 0 aliphatic heterocycles. The summed E-state index contributed by atoms with van der Waals surface area (Å²) in [5, 5.41) is 0. The van der Waals surface area contributed by atoms with Gasteiger partial charge in [0.15, 0.2) is 0 Å². The molecule has 0 aromatic rings. The van der Waals surface area contributed by atoms with Crippen molar-refractivity contribution in [1.29, 1.82) is 0 Å². The van der Waals surface area contributed by atoms with Gasteiger partial charge in [-0.3, -0.25) is 4.79 Å². The zero-order valence-corrected chi connectivity index (χ0v) is 8.92. The predicted molar refractivity (Wildman–Crippen MR) is 57.7 cm³/mol.